The molecule has 0 aromatic heterocycles. The van der Waals surface area contributed by atoms with E-state index in [1.807, 2.05) is 0 Å². The highest BCUT2D eigenvalue weighted by atomic mass is 19.1. The number of carboxylic acid groups (broad SMARTS) is 1. The predicted octanol–water partition coefficient (Wildman–Crippen LogP) is 1.57. The lowest BCUT2D eigenvalue weighted by Crippen LogP contribution is -2.38. The molecule has 0 aliphatic heterocycles. The van der Waals surface area contributed by atoms with Crippen LogP contribution in [-0.2, 0) is 9.59 Å². The maximum Gasteiger partial charge on any atom is 0.305 e. The van der Waals surface area contributed by atoms with Crippen molar-refractivity contribution in [2.75, 3.05) is 6.61 Å². The molecule has 1 rings (SSSR count). The van der Waals surface area contributed by atoms with Crippen molar-refractivity contribution >= 4 is 11.9 Å². The molecule has 6 heteroatoms. The molecule has 0 aliphatic rings. The highest BCUT2D eigenvalue weighted by molar-refractivity contribution is 5.78. The Morgan fingerprint density at radius 2 is 2.00 bits per heavy atom. The van der Waals surface area contributed by atoms with Crippen molar-refractivity contribution in [1.82, 2.24) is 5.32 Å². The maximum absolute atomic E-state index is 12.6. The molecule has 0 spiro atoms. The van der Waals surface area contributed by atoms with Gasteiger partial charge in [0.15, 0.2) is 6.61 Å². The highest BCUT2D eigenvalue weighted by Crippen LogP contribution is 2.10. The molecule has 1 unspecified atom stereocenters. The quantitative estimate of drug-likeness (QED) is 0.788. The largest absolute Gasteiger partial charge is 0.484 e. The molecule has 0 fully saturated rings. The number of nitrogens with one attached hydrogen (secondary N) is 1. The second-order valence-electron chi connectivity index (χ2n) is 4.01. The fourth-order valence-electron chi connectivity index (χ4n) is 1.46. The molecule has 2 N–H and O–H groups in total. The van der Waals surface area contributed by atoms with Crippen LogP contribution >= 0.6 is 0 Å². The molecule has 0 aliphatic carbocycles. The van der Waals surface area contributed by atoms with Gasteiger partial charge in [0.2, 0.25) is 0 Å². The van der Waals surface area contributed by atoms with E-state index in [2.05, 4.69) is 5.32 Å². The Bertz CT molecular complexity index is 433. The number of ether oxygens (including phenoxy) is 1. The number of rotatable bonds is 7. The van der Waals surface area contributed by atoms with Crippen molar-refractivity contribution in [2.45, 2.75) is 25.8 Å². The van der Waals surface area contributed by atoms with E-state index in [0.717, 1.165) is 0 Å². The Morgan fingerprint density at radius 3 is 2.53 bits per heavy atom. The molecule has 0 saturated carbocycles. The van der Waals surface area contributed by atoms with Gasteiger partial charge in [-0.05, 0) is 30.7 Å². The molecule has 1 amide bonds. The van der Waals surface area contributed by atoms with Gasteiger partial charge in [0, 0.05) is 6.04 Å². The molecule has 0 saturated heterocycles. The first-order chi connectivity index (χ1) is 9.01. The first-order valence-corrected chi connectivity index (χ1v) is 5.90. The number of hydrogen-bond acceptors (Lipinski definition) is 3. The van der Waals surface area contributed by atoms with E-state index in [0.29, 0.717) is 12.2 Å². The molecular formula is C13H16FNO4. The van der Waals surface area contributed by atoms with Gasteiger partial charge in [-0.3, -0.25) is 9.59 Å². The Balaban J connectivity index is 2.38. The van der Waals surface area contributed by atoms with E-state index in [9.17, 15) is 14.0 Å². The van der Waals surface area contributed by atoms with Gasteiger partial charge >= 0.3 is 5.97 Å². The summed E-state index contributed by atoms with van der Waals surface area (Å²) in [5, 5.41) is 11.2. The van der Waals surface area contributed by atoms with Crippen molar-refractivity contribution in [3.05, 3.63) is 30.1 Å². The van der Waals surface area contributed by atoms with Gasteiger partial charge in [0.25, 0.3) is 5.91 Å². The van der Waals surface area contributed by atoms with Crippen LogP contribution < -0.4 is 10.1 Å². The van der Waals surface area contributed by atoms with Crippen molar-refractivity contribution in [3.63, 3.8) is 0 Å². The summed E-state index contributed by atoms with van der Waals surface area (Å²) in [6.45, 7) is 1.55. The maximum atomic E-state index is 12.6. The van der Waals surface area contributed by atoms with Gasteiger partial charge in [-0.2, -0.15) is 0 Å². The van der Waals surface area contributed by atoms with Gasteiger partial charge in [-0.1, -0.05) is 6.92 Å². The zero-order chi connectivity index (χ0) is 14.3. The summed E-state index contributed by atoms with van der Waals surface area (Å²) < 4.78 is 17.8. The summed E-state index contributed by atoms with van der Waals surface area (Å²) in [7, 11) is 0. The van der Waals surface area contributed by atoms with Crippen LogP contribution in [0.25, 0.3) is 0 Å². The first kappa shape index (κ1) is 14.9. The average Bonchev–Trinajstić information content (AvgIpc) is 2.36. The average molecular weight is 269 g/mol. The zero-order valence-corrected chi connectivity index (χ0v) is 10.6. The van der Waals surface area contributed by atoms with Crippen LogP contribution in [0.4, 0.5) is 4.39 Å². The van der Waals surface area contributed by atoms with E-state index in [-0.39, 0.29) is 18.8 Å². The fraction of sp³-hybridized carbons (Fsp3) is 0.385. The number of aliphatic carboxylic acids is 1. The Labute approximate surface area is 110 Å². The zero-order valence-electron chi connectivity index (χ0n) is 10.6. The van der Waals surface area contributed by atoms with Crippen LogP contribution in [0.2, 0.25) is 0 Å². The van der Waals surface area contributed by atoms with Crippen LogP contribution in [0.1, 0.15) is 19.8 Å². The molecule has 0 bridgehead atoms. The molecule has 1 aromatic rings. The van der Waals surface area contributed by atoms with Crippen LogP contribution in [0, 0.1) is 5.82 Å². The van der Waals surface area contributed by atoms with Gasteiger partial charge < -0.3 is 15.2 Å². The summed E-state index contributed by atoms with van der Waals surface area (Å²) in [4.78, 5) is 22.1. The van der Waals surface area contributed by atoms with Crippen molar-refractivity contribution in [3.8, 4) is 5.75 Å². The van der Waals surface area contributed by atoms with Crippen LogP contribution in [-0.4, -0.2) is 29.6 Å². The van der Waals surface area contributed by atoms with Crippen molar-refractivity contribution in [1.29, 1.82) is 0 Å². The number of amides is 1. The molecule has 1 aromatic carbocycles. The number of benzene rings is 1. The van der Waals surface area contributed by atoms with Crippen LogP contribution in [0.15, 0.2) is 24.3 Å². The fourth-order valence-corrected chi connectivity index (χ4v) is 1.46. The summed E-state index contributed by atoms with van der Waals surface area (Å²) in [6, 6.07) is 4.87. The summed E-state index contributed by atoms with van der Waals surface area (Å²) in [5.74, 6) is -1.38. The first-order valence-electron chi connectivity index (χ1n) is 5.90. The van der Waals surface area contributed by atoms with E-state index in [1.54, 1.807) is 6.92 Å². The van der Waals surface area contributed by atoms with Gasteiger partial charge in [-0.25, -0.2) is 4.39 Å². The Kier molecular flexibility index (Phi) is 5.78. The number of carbonyl (C=O) groups is 2. The van der Waals surface area contributed by atoms with Crippen molar-refractivity contribution in [2.24, 2.45) is 0 Å². The van der Waals surface area contributed by atoms with E-state index < -0.39 is 17.9 Å². The van der Waals surface area contributed by atoms with Crippen molar-refractivity contribution < 1.29 is 23.8 Å². The summed E-state index contributed by atoms with van der Waals surface area (Å²) in [5.41, 5.74) is 0. The van der Waals surface area contributed by atoms with E-state index in [1.165, 1.54) is 24.3 Å². The molecule has 104 valence electrons. The van der Waals surface area contributed by atoms with Crippen LogP contribution in [0.3, 0.4) is 0 Å². The van der Waals surface area contributed by atoms with E-state index in [4.69, 9.17) is 9.84 Å². The van der Waals surface area contributed by atoms with E-state index >= 15 is 0 Å². The topological polar surface area (TPSA) is 75.6 Å². The number of halogens is 1. The van der Waals surface area contributed by atoms with Gasteiger partial charge in [0.05, 0.1) is 6.42 Å². The predicted molar refractivity (Wildman–Crippen MR) is 66.4 cm³/mol. The number of carbonyl (C=O) groups excluding carboxylic acids is 1. The molecular weight excluding hydrogens is 253 g/mol. The summed E-state index contributed by atoms with van der Waals surface area (Å²) in [6.07, 6.45) is 0.396. The Morgan fingerprint density at radius 1 is 1.37 bits per heavy atom. The monoisotopic (exact) mass is 269 g/mol. The summed E-state index contributed by atoms with van der Waals surface area (Å²) >= 11 is 0. The smallest absolute Gasteiger partial charge is 0.305 e. The lowest BCUT2D eigenvalue weighted by atomic mass is 10.1. The third-order valence-electron chi connectivity index (χ3n) is 2.46. The second kappa shape index (κ2) is 7.35. The molecule has 19 heavy (non-hydrogen) atoms. The normalized spacial score (nSPS) is 11.7. The molecule has 1 atom stereocenters. The SMILES string of the molecule is CCC(CC(=O)O)NC(=O)COc1ccc(F)cc1. The lowest BCUT2D eigenvalue weighted by molar-refractivity contribution is -0.137. The van der Waals surface area contributed by atoms with Gasteiger partial charge in [0.1, 0.15) is 11.6 Å². The number of hydrogen-bond donors (Lipinski definition) is 2. The van der Waals surface area contributed by atoms with Gasteiger partial charge in [-0.15, -0.1) is 0 Å². The lowest BCUT2D eigenvalue weighted by Gasteiger charge is -2.15. The molecule has 0 radical (unpaired) electrons. The second-order valence-corrected chi connectivity index (χ2v) is 4.01. The highest BCUT2D eigenvalue weighted by Gasteiger charge is 2.14. The molecule has 5 nitrogen and oxygen atoms in total. The number of carboxylic acids is 1. The third kappa shape index (κ3) is 5.85. The standard InChI is InChI=1S/C13H16FNO4/c1-2-10(7-13(17)18)15-12(16)8-19-11-5-3-9(14)4-6-11/h3-6,10H,2,7-8H2,1H3,(H,15,16)(H,17,18). The third-order valence-corrected chi connectivity index (χ3v) is 2.46. The molecule has 0 heterocycles. The van der Waals surface area contributed by atoms with Crippen LogP contribution in [0.5, 0.6) is 5.75 Å². The minimum Gasteiger partial charge on any atom is -0.484 e. The minimum atomic E-state index is -0.966. The minimum absolute atomic E-state index is 0.126. The Hall–Kier alpha value is -2.11.